The summed E-state index contributed by atoms with van der Waals surface area (Å²) in [7, 11) is 3.16. The number of rotatable bonds is 5. The molecule has 1 atom stereocenters. The van der Waals surface area contributed by atoms with Gasteiger partial charge >= 0.3 is 6.09 Å². The van der Waals surface area contributed by atoms with Crippen molar-refractivity contribution in [1.29, 1.82) is 0 Å². The van der Waals surface area contributed by atoms with E-state index in [0.717, 1.165) is 5.56 Å². The molecule has 1 N–H and O–H groups in total. The Hall–Kier alpha value is -1.81. The SMILES string of the molecule is C=CC(COC)c1cccc(OC(=O)NC)c1. The van der Waals surface area contributed by atoms with Gasteiger partial charge in [-0.25, -0.2) is 4.79 Å². The second-order valence-corrected chi connectivity index (χ2v) is 3.51. The van der Waals surface area contributed by atoms with E-state index < -0.39 is 6.09 Å². The molecule has 0 aliphatic carbocycles. The average Bonchev–Trinajstić information content (AvgIpc) is 2.36. The smallest absolute Gasteiger partial charge is 0.410 e. The fourth-order valence-corrected chi connectivity index (χ4v) is 1.45. The highest BCUT2D eigenvalue weighted by molar-refractivity contribution is 5.69. The molecule has 0 spiro atoms. The number of carbonyl (C=O) groups is 1. The first-order chi connectivity index (χ1) is 8.21. The molecular weight excluding hydrogens is 218 g/mol. The molecule has 1 aromatic rings. The summed E-state index contributed by atoms with van der Waals surface area (Å²) in [6.45, 7) is 4.31. The maximum Gasteiger partial charge on any atom is 0.412 e. The standard InChI is InChI=1S/C13H17NO3/c1-4-10(9-16-3)11-6-5-7-12(8-11)17-13(15)14-2/h4-8,10H,1,9H2,2-3H3,(H,14,15). The van der Waals surface area contributed by atoms with Crippen LogP contribution in [0.4, 0.5) is 4.79 Å². The maximum atomic E-state index is 11.1. The van der Waals surface area contributed by atoms with Crippen molar-refractivity contribution in [2.45, 2.75) is 5.92 Å². The minimum Gasteiger partial charge on any atom is -0.410 e. The van der Waals surface area contributed by atoms with Crippen molar-refractivity contribution in [3.05, 3.63) is 42.5 Å². The van der Waals surface area contributed by atoms with E-state index in [1.165, 1.54) is 7.05 Å². The van der Waals surface area contributed by atoms with E-state index in [4.69, 9.17) is 9.47 Å². The van der Waals surface area contributed by atoms with Gasteiger partial charge in [0.15, 0.2) is 0 Å². The van der Waals surface area contributed by atoms with E-state index >= 15 is 0 Å². The molecule has 1 amide bonds. The number of hydrogen-bond donors (Lipinski definition) is 1. The number of hydrogen-bond acceptors (Lipinski definition) is 3. The van der Waals surface area contributed by atoms with Gasteiger partial charge in [-0.1, -0.05) is 18.2 Å². The van der Waals surface area contributed by atoms with E-state index in [-0.39, 0.29) is 5.92 Å². The van der Waals surface area contributed by atoms with Crippen molar-refractivity contribution in [1.82, 2.24) is 5.32 Å². The minimum absolute atomic E-state index is 0.0910. The maximum absolute atomic E-state index is 11.1. The Morgan fingerprint density at radius 2 is 2.35 bits per heavy atom. The molecule has 0 bridgehead atoms. The predicted molar refractivity (Wildman–Crippen MR) is 66.3 cm³/mol. The molecule has 4 nitrogen and oxygen atoms in total. The van der Waals surface area contributed by atoms with Crippen molar-refractivity contribution in [2.24, 2.45) is 0 Å². The number of methoxy groups -OCH3 is 1. The first-order valence-electron chi connectivity index (χ1n) is 5.32. The van der Waals surface area contributed by atoms with Crippen LogP contribution in [0.25, 0.3) is 0 Å². The van der Waals surface area contributed by atoms with Gasteiger partial charge in [-0.05, 0) is 17.7 Å². The second-order valence-electron chi connectivity index (χ2n) is 3.51. The lowest BCUT2D eigenvalue weighted by molar-refractivity contribution is 0.191. The summed E-state index contributed by atoms with van der Waals surface area (Å²) in [6.07, 6.45) is 1.33. The monoisotopic (exact) mass is 235 g/mol. The van der Waals surface area contributed by atoms with E-state index in [2.05, 4.69) is 11.9 Å². The van der Waals surface area contributed by atoms with Crippen LogP contribution in [0.15, 0.2) is 36.9 Å². The second kappa shape index (κ2) is 6.70. The van der Waals surface area contributed by atoms with Gasteiger partial charge in [-0.15, -0.1) is 6.58 Å². The highest BCUT2D eigenvalue weighted by Gasteiger charge is 2.09. The van der Waals surface area contributed by atoms with Crippen molar-refractivity contribution < 1.29 is 14.3 Å². The molecule has 0 aromatic heterocycles. The number of amides is 1. The van der Waals surface area contributed by atoms with Gasteiger partial charge in [0.05, 0.1) is 6.61 Å². The fraction of sp³-hybridized carbons (Fsp3) is 0.308. The van der Waals surface area contributed by atoms with Crippen molar-refractivity contribution in [2.75, 3.05) is 20.8 Å². The zero-order chi connectivity index (χ0) is 12.7. The average molecular weight is 235 g/mol. The Morgan fingerprint density at radius 1 is 1.59 bits per heavy atom. The van der Waals surface area contributed by atoms with Gasteiger partial charge in [0, 0.05) is 20.1 Å². The third-order valence-electron chi connectivity index (χ3n) is 2.33. The Kier molecular flexibility index (Phi) is 5.23. The number of ether oxygens (including phenoxy) is 2. The van der Waals surface area contributed by atoms with Gasteiger partial charge in [0.1, 0.15) is 5.75 Å². The highest BCUT2D eigenvalue weighted by atomic mass is 16.5. The Bertz CT molecular complexity index is 390. The zero-order valence-electron chi connectivity index (χ0n) is 10.1. The van der Waals surface area contributed by atoms with Crippen molar-refractivity contribution >= 4 is 6.09 Å². The van der Waals surface area contributed by atoms with E-state index in [1.54, 1.807) is 19.2 Å². The fourth-order valence-electron chi connectivity index (χ4n) is 1.45. The molecule has 0 aliphatic rings. The normalized spacial score (nSPS) is 11.6. The van der Waals surface area contributed by atoms with Crippen LogP contribution in [-0.4, -0.2) is 26.9 Å². The third-order valence-corrected chi connectivity index (χ3v) is 2.33. The molecule has 1 aromatic carbocycles. The number of carbonyl (C=O) groups excluding carboxylic acids is 1. The van der Waals surface area contributed by atoms with E-state index in [1.807, 2.05) is 18.2 Å². The quantitative estimate of drug-likeness (QED) is 0.797. The summed E-state index contributed by atoms with van der Waals surface area (Å²) < 4.78 is 10.2. The molecule has 0 aliphatic heterocycles. The minimum atomic E-state index is -0.482. The molecule has 0 heterocycles. The van der Waals surface area contributed by atoms with Crippen molar-refractivity contribution in [3.8, 4) is 5.75 Å². The zero-order valence-corrected chi connectivity index (χ0v) is 10.1. The largest absolute Gasteiger partial charge is 0.412 e. The summed E-state index contributed by atoms with van der Waals surface area (Å²) in [4.78, 5) is 11.1. The topological polar surface area (TPSA) is 47.6 Å². The summed E-state index contributed by atoms with van der Waals surface area (Å²) in [5, 5.41) is 2.40. The van der Waals surface area contributed by atoms with Gasteiger partial charge in [-0.2, -0.15) is 0 Å². The Labute approximate surface area is 101 Å². The van der Waals surface area contributed by atoms with Crippen molar-refractivity contribution in [3.63, 3.8) is 0 Å². The van der Waals surface area contributed by atoms with Crippen LogP contribution in [0.2, 0.25) is 0 Å². The van der Waals surface area contributed by atoms with Crippen LogP contribution >= 0.6 is 0 Å². The van der Waals surface area contributed by atoms with E-state index in [0.29, 0.717) is 12.4 Å². The lowest BCUT2D eigenvalue weighted by atomic mass is 10.00. The lowest BCUT2D eigenvalue weighted by Gasteiger charge is -2.12. The van der Waals surface area contributed by atoms with Gasteiger partial charge < -0.3 is 14.8 Å². The van der Waals surface area contributed by atoms with Crippen LogP contribution in [0.1, 0.15) is 11.5 Å². The predicted octanol–water partition coefficient (Wildman–Crippen LogP) is 2.32. The highest BCUT2D eigenvalue weighted by Crippen LogP contribution is 2.22. The molecule has 0 saturated carbocycles. The van der Waals surface area contributed by atoms with Crippen LogP contribution in [0, 0.1) is 0 Å². The first kappa shape index (κ1) is 13.3. The van der Waals surface area contributed by atoms with Gasteiger partial charge in [0.25, 0.3) is 0 Å². The molecule has 4 heteroatoms. The number of benzene rings is 1. The van der Waals surface area contributed by atoms with E-state index in [9.17, 15) is 4.79 Å². The summed E-state index contributed by atoms with van der Waals surface area (Å²) >= 11 is 0. The molecule has 92 valence electrons. The molecular formula is C13H17NO3. The molecule has 1 unspecified atom stereocenters. The number of nitrogens with one attached hydrogen (secondary N) is 1. The van der Waals surface area contributed by atoms with Gasteiger partial charge in [0.2, 0.25) is 0 Å². The molecule has 1 rings (SSSR count). The summed E-state index contributed by atoms with van der Waals surface area (Å²) in [5.74, 6) is 0.595. The first-order valence-corrected chi connectivity index (χ1v) is 5.32. The summed E-state index contributed by atoms with van der Waals surface area (Å²) in [6, 6.07) is 7.31. The Balaban J connectivity index is 2.83. The van der Waals surface area contributed by atoms with Gasteiger partial charge in [-0.3, -0.25) is 0 Å². The van der Waals surface area contributed by atoms with Crippen LogP contribution in [0.5, 0.6) is 5.75 Å². The molecule has 0 radical (unpaired) electrons. The van der Waals surface area contributed by atoms with Crippen LogP contribution < -0.4 is 10.1 Å². The van der Waals surface area contributed by atoms with Crippen LogP contribution in [0.3, 0.4) is 0 Å². The molecule has 0 fully saturated rings. The molecule has 17 heavy (non-hydrogen) atoms. The lowest BCUT2D eigenvalue weighted by Crippen LogP contribution is -2.22. The Morgan fingerprint density at radius 3 is 2.94 bits per heavy atom. The van der Waals surface area contributed by atoms with Crippen LogP contribution in [-0.2, 0) is 4.74 Å². The summed E-state index contributed by atoms with van der Waals surface area (Å²) in [5.41, 5.74) is 1.00. The third kappa shape index (κ3) is 3.92. The molecule has 0 saturated heterocycles.